The van der Waals surface area contributed by atoms with E-state index >= 15 is 0 Å². The molecular formula is C37H36Cl2N2O7S3. The number of halogens is 2. The lowest BCUT2D eigenvalue weighted by molar-refractivity contribution is 0.482. The van der Waals surface area contributed by atoms with E-state index in [0.717, 1.165) is 11.1 Å². The molecule has 0 saturated carbocycles. The fourth-order valence-electron chi connectivity index (χ4n) is 6.78. The topological polar surface area (TPSA) is 147 Å². The second kappa shape index (κ2) is 14.3. The Morgan fingerprint density at radius 3 is 1.27 bits per heavy atom. The molecule has 14 heteroatoms. The second-order valence-corrected chi connectivity index (χ2v) is 18.9. The Balaban J connectivity index is 1.56. The highest BCUT2D eigenvalue weighted by atomic mass is 35.7. The van der Waals surface area contributed by atoms with Crippen LogP contribution in [-0.2, 0) is 28.2 Å². The molecule has 51 heavy (non-hydrogen) atoms. The van der Waals surface area contributed by atoms with Crippen molar-refractivity contribution in [1.82, 2.24) is 0 Å². The van der Waals surface area contributed by atoms with Gasteiger partial charge in [-0.25, -0.2) is 16.8 Å². The van der Waals surface area contributed by atoms with Crippen LogP contribution in [0, 0.1) is 41.5 Å². The minimum atomic E-state index is -4.60. The minimum Gasteiger partial charge on any atom is -0.355 e. The maximum Gasteiger partial charge on any atom is 0.294 e. The van der Waals surface area contributed by atoms with Gasteiger partial charge in [0.25, 0.3) is 28.2 Å². The Kier molecular flexibility index (Phi) is 10.7. The van der Waals surface area contributed by atoms with E-state index in [1.165, 1.54) is 12.1 Å². The monoisotopic (exact) mass is 786 g/mol. The van der Waals surface area contributed by atoms with Gasteiger partial charge in [-0.3, -0.25) is 4.55 Å². The predicted octanol–water partition coefficient (Wildman–Crippen LogP) is 9.31. The van der Waals surface area contributed by atoms with Gasteiger partial charge in [-0.2, -0.15) is 8.42 Å². The van der Waals surface area contributed by atoms with Crippen molar-refractivity contribution in [3.8, 4) is 0 Å². The van der Waals surface area contributed by atoms with Crippen LogP contribution >= 0.6 is 21.4 Å². The van der Waals surface area contributed by atoms with Crippen molar-refractivity contribution < 1.29 is 29.8 Å². The van der Waals surface area contributed by atoms with E-state index in [1.807, 2.05) is 38.1 Å². The maximum atomic E-state index is 12.5. The molecule has 3 N–H and O–H groups in total. The summed E-state index contributed by atoms with van der Waals surface area (Å²) in [6.07, 6.45) is 0. The zero-order valence-electron chi connectivity index (χ0n) is 28.5. The molecular weight excluding hydrogens is 752 g/mol. The van der Waals surface area contributed by atoms with Crippen molar-refractivity contribution in [2.24, 2.45) is 0 Å². The molecule has 268 valence electrons. The third-order valence-corrected chi connectivity index (χ3v) is 12.9. The summed E-state index contributed by atoms with van der Waals surface area (Å²) in [4.78, 5) is -0.141. The van der Waals surface area contributed by atoms with Crippen LogP contribution in [-0.4, -0.2) is 29.8 Å². The summed E-state index contributed by atoms with van der Waals surface area (Å²) in [5.41, 5.74) is 7.95. The summed E-state index contributed by atoms with van der Waals surface area (Å²) in [5, 5.41) is 6.61. The van der Waals surface area contributed by atoms with Crippen LogP contribution < -0.4 is 10.6 Å². The molecule has 0 amide bonds. The van der Waals surface area contributed by atoms with Crippen molar-refractivity contribution >= 4 is 72.3 Å². The van der Waals surface area contributed by atoms with E-state index < -0.39 is 34.1 Å². The SMILES string of the molecule is Cc1cc(C)c(S(=O)(=O)Cl)c(C)c1Nc1ccc(C(c2ccc(Nc3c(C)cc(C)c(S(=O)(=O)Cl)c3C)cc2)c2ccccc2S(=O)(=O)O)cc1. The van der Waals surface area contributed by atoms with Crippen LogP contribution in [0.4, 0.5) is 22.7 Å². The van der Waals surface area contributed by atoms with Gasteiger partial charge in [0, 0.05) is 50.0 Å². The molecule has 0 bridgehead atoms. The number of aryl methyl sites for hydroxylation is 4. The highest BCUT2D eigenvalue weighted by molar-refractivity contribution is 8.14. The largest absolute Gasteiger partial charge is 0.355 e. The first kappa shape index (κ1) is 38.3. The first-order valence-electron chi connectivity index (χ1n) is 15.6. The minimum absolute atomic E-state index is 0.0472. The summed E-state index contributed by atoms with van der Waals surface area (Å²) >= 11 is 0. The van der Waals surface area contributed by atoms with E-state index in [0.29, 0.717) is 61.7 Å². The molecule has 0 unspecified atom stereocenters. The lowest BCUT2D eigenvalue weighted by atomic mass is 9.85. The van der Waals surface area contributed by atoms with Gasteiger partial charge >= 0.3 is 0 Å². The van der Waals surface area contributed by atoms with Gasteiger partial charge in [0.2, 0.25) is 0 Å². The Hall–Kier alpha value is -3.91. The molecule has 0 radical (unpaired) electrons. The lowest BCUT2D eigenvalue weighted by Crippen LogP contribution is -2.10. The molecule has 0 fully saturated rings. The molecule has 5 rings (SSSR count). The van der Waals surface area contributed by atoms with Gasteiger partial charge in [0.1, 0.15) is 0 Å². The van der Waals surface area contributed by atoms with E-state index in [1.54, 1.807) is 76.2 Å². The molecule has 0 aliphatic carbocycles. The molecule has 5 aromatic carbocycles. The van der Waals surface area contributed by atoms with E-state index in [2.05, 4.69) is 10.6 Å². The molecule has 0 aromatic heterocycles. The Morgan fingerprint density at radius 2 is 0.922 bits per heavy atom. The average Bonchev–Trinajstić information content (AvgIpc) is 3.01. The van der Waals surface area contributed by atoms with Crippen LogP contribution in [0.3, 0.4) is 0 Å². The van der Waals surface area contributed by atoms with Gasteiger partial charge in [-0.05, 0) is 122 Å². The molecule has 0 aliphatic rings. The van der Waals surface area contributed by atoms with E-state index in [9.17, 15) is 29.8 Å². The zero-order chi connectivity index (χ0) is 37.6. The summed E-state index contributed by atoms with van der Waals surface area (Å²) < 4.78 is 84.6. The second-order valence-electron chi connectivity index (χ2n) is 12.5. The normalized spacial score (nSPS) is 12.3. The summed E-state index contributed by atoms with van der Waals surface area (Å²) in [7, 11) is -1.07. The van der Waals surface area contributed by atoms with E-state index in [-0.39, 0.29) is 14.7 Å². The van der Waals surface area contributed by atoms with Crippen molar-refractivity contribution in [2.45, 2.75) is 62.1 Å². The van der Waals surface area contributed by atoms with E-state index in [4.69, 9.17) is 21.4 Å². The fourth-order valence-corrected chi connectivity index (χ4v) is 10.8. The first-order valence-corrected chi connectivity index (χ1v) is 21.7. The van der Waals surface area contributed by atoms with Crippen LogP contribution in [0.2, 0.25) is 0 Å². The molecule has 5 aromatic rings. The fraction of sp³-hybridized carbons (Fsp3) is 0.189. The van der Waals surface area contributed by atoms with Crippen molar-refractivity contribution in [2.75, 3.05) is 10.6 Å². The van der Waals surface area contributed by atoms with Gasteiger partial charge in [-0.1, -0.05) is 54.6 Å². The quantitative estimate of drug-likeness (QED) is 0.0716. The highest BCUT2D eigenvalue weighted by Crippen LogP contribution is 2.39. The number of anilines is 4. The third-order valence-electron chi connectivity index (χ3n) is 8.82. The van der Waals surface area contributed by atoms with Gasteiger partial charge in [-0.15, -0.1) is 0 Å². The molecule has 0 aliphatic heterocycles. The van der Waals surface area contributed by atoms with Crippen molar-refractivity contribution in [3.05, 3.63) is 135 Å². The van der Waals surface area contributed by atoms with Crippen molar-refractivity contribution in [3.63, 3.8) is 0 Å². The molecule has 0 spiro atoms. The number of rotatable bonds is 10. The van der Waals surface area contributed by atoms with Crippen LogP contribution in [0.15, 0.2) is 99.6 Å². The Labute approximate surface area is 308 Å². The van der Waals surface area contributed by atoms with Crippen molar-refractivity contribution in [1.29, 1.82) is 0 Å². The standard InChI is InChI=1S/C37H36Cl2N2O7S3/c1-21-19-23(3)36(49(38,42)43)25(5)34(21)40-29-15-11-27(12-16-29)33(31-9-7-8-10-32(31)51(46,47)48)28-13-17-30(18-14-28)41-35-22(2)20-24(4)37(26(35)6)50(39,44)45/h7-20,33,40-41H,1-6H3,(H,46,47,48). The average molecular weight is 788 g/mol. The Bertz CT molecular complexity index is 2360. The van der Waals surface area contributed by atoms with Gasteiger partial charge < -0.3 is 10.6 Å². The molecule has 9 nitrogen and oxygen atoms in total. The Morgan fingerprint density at radius 1 is 0.549 bits per heavy atom. The predicted molar refractivity (Wildman–Crippen MR) is 204 cm³/mol. The van der Waals surface area contributed by atoms with Crippen LogP contribution in [0.1, 0.15) is 56.0 Å². The zero-order valence-corrected chi connectivity index (χ0v) is 32.5. The molecule has 0 heterocycles. The third kappa shape index (κ3) is 8.11. The van der Waals surface area contributed by atoms with Crippen LogP contribution in [0.5, 0.6) is 0 Å². The van der Waals surface area contributed by atoms with Gasteiger partial charge in [0.05, 0.1) is 14.7 Å². The summed E-state index contributed by atoms with van der Waals surface area (Å²) in [6, 6.07) is 24.2. The van der Waals surface area contributed by atoms with Crippen LogP contribution in [0.25, 0.3) is 0 Å². The number of hydrogen-bond donors (Lipinski definition) is 3. The molecule has 0 saturated heterocycles. The summed E-state index contributed by atoms with van der Waals surface area (Å²) in [6.45, 7) is 10.5. The number of benzene rings is 5. The maximum absolute atomic E-state index is 12.5. The lowest BCUT2D eigenvalue weighted by Gasteiger charge is -2.23. The number of hydrogen-bond acceptors (Lipinski definition) is 8. The number of nitrogens with one attached hydrogen (secondary N) is 2. The smallest absolute Gasteiger partial charge is 0.294 e. The first-order chi connectivity index (χ1) is 23.7. The molecule has 0 atom stereocenters. The summed E-state index contributed by atoms with van der Waals surface area (Å²) in [5.74, 6) is -0.641. The highest BCUT2D eigenvalue weighted by Gasteiger charge is 2.26. The van der Waals surface area contributed by atoms with Gasteiger partial charge in [0.15, 0.2) is 0 Å².